The van der Waals surface area contributed by atoms with Crippen LogP contribution in [0.5, 0.6) is 0 Å². The topological polar surface area (TPSA) is 12.0 Å². The van der Waals surface area contributed by atoms with Crippen molar-refractivity contribution in [2.75, 3.05) is 0 Å². The highest BCUT2D eigenvalue weighted by molar-refractivity contribution is 4.98. The molecule has 2 fully saturated rings. The molecule has 2 aliphatic rings. The Morgan fingerprint density at radius 3 is 1.31 bits per heavy atom. The van der Waals surface area contributed by atoms with E-state index in [2.05, 4.69) is 19.2 Å². The van der Waals surface area contributed by atoms with E-state index in [1.165, 1.54) is 51.4 Å². The Labute approximate surface area is 82.3 Å². The molecule has 0 aliphatic heterocycles. The standard InChI is InChI=1S/C12H23N/c1-11(7-3-4-8-11)13-12(2)9-5-6-10-12/h13H,3-10H2,1-2H3. The molecule has 2 rings (SSSR count). The largest absolute Gasteiger partial charge is 0.306 e. The summed E-state index contributed by atoms with van der Waals surface area (Å²) < 4.78 is 0. The molecule has 13 heavy (non-hydrogen) atoms. The summed E-state index contributed by atoms with van der Waals surface area (Å²) in [5.74, 6) is 0. The van der Waals surface area contributed by atoms with Gasteiger partial charge in [-0.05, 0) is 39.5 Å². The van der Waals surface area contributed by atoms with Gasteiger partial charge in [-0.25, -0.2) is 0 Å². The number of hydrogen-bond acceptors (Lipinski definition) is 1. The summed E-state index contributed by atoms with van der Waals surface area (Å²) in [5, 5.41) is 3.93. The minimum atomic E-state index is 0.471. The van der Waals surface area contributed by atoms with Crippen molar-refractivity contribution in [1.82, 2.24) is 5.32 Å². The number of rotatable bonds is 2. The van der Waals surface area contributed by atoms with Gasteiger partial charge >= 0.3 is 0 Å². The molecular formula is C12H23N. The van der Waals surface area contributed by atoms with Crippen LogP contribution in [0, 0.1) is 0 Å². The highest BCUT2D eigenvalue weighted by Gasteiger charge is 2.37. The van der Waals surface area contributed by atoms with E-state index >= 15 is 0 Å². The maximum atomic E-state index is 3.93. The van der Waals surface area contributed by atoms with Gasteiger partial charge in [0.1, 0.15) is 0 Å². The maximum absolute atomic E-state index is 3.93. The van der Waals surface area contributed by atoms with Crippen LogP contribution >= 0.6 is 0 Å². The highest BCUT2D eigenvalue weighted by atomic mass is 15.1. The quantitative estimate of drug-likeness (QED) is 0.689. The van der Waals surface area contributed by atoms with Gasteiger partial charge in [0, 0.05) is 11.1 Å². The molecule has 0 aromatic rings. The summed E-state index contributed by atoms with van der Waals surface area (Å²) in [4.78, 5) is 0. The lowest BCUT2D eigenvalue weighted by molar-refractivity contribution is 0.238. The van der Waals surface area contributed by atoms with Crippen LogP contribution < -0.4 is 5.32 Å². The first-order valence-electron chi connectivity index (χ1n) is 5.91. The van der Waals surface area contributed by atoms with E-state index in [0.717, 1.165) is 0 Å². The second-order valence-electron chi connectivity index (χ2n) is 5.66. The van der Waals surface area contributed by atoms with E-state index in [1.54, 1.807) is 0 Å². The average molecular weight is 181 g/mol. The van der Waals surface area contributed by atoms with E-state index in [-0.39, 0.29) is 0 Å². The van der Waals surface area contributed by atoms with Crippen molar-refractivity contribution in [2.24, 2.45) is 0 Å². The first-order valence-corrected chi connectivity index (χ1v) is 5.91. The molecule has 2 saturated carbocycles. The van der Waals surface area contributed by atoms with Crippen molar-refractivity contribution in [2.45, 2.75) is 76.3 Å². The number of nitrogens with one attached hydrogen (secondary N) is 1. The third-order valence-electron chi connectivity index (χ3n) is 4.02. The average Bonchev–Trinajstić information content (AvgIpc) is 2.60. The second-order valence-corrected chi connectivity index (χ2v) is 5.66. The molecule has 2 aliphatic carbocycles. The summed E-state index contributed by atoms with van der Waals surface area (Å²) in [7, 11) is 0. The van der Waals surface area contributed by atoms with Crippen molar-refractivity contribution >= 4 is 0 Å². The Bertz CT molecular complexity index is 154. The zero-order valence-electron chi connectivity index (χ0n) is 9.16. The predicted octanol–water partition coefficient (Wildman–Crippen LogP) is 3.24. The highest BCUT2D eigenvalue weighted by Crippen LogP contribution is 2.36. The Hall–Kier alpha value is -0.0400. The molecule has 0 heterocycles. The summed E-state index contributed by atoms with van der Waals surface area (Å²) in [5.41, 5.74) is 0.943. The van der Waals surface area contributed by atoms with Crippen LogP contribution in [-0.4, -0.2) is 11.1 Å². The van der Waals surface area contributed by atoms with Gasteiger partial charge in [0.05, 0.1) is 0 Å². The fourth-order valence-electron chi connectivity index (χ4n) is 3.29. The first kappa shape index (κ1) is 9.51. The van der Waals surface area contributed by atoms with Gasteiger partial charge < -0.3 is 5.32 Å². The fraction of sp³-hybridized carbons (Fsp3) is 1.00. The lowest BCUT2D eigenvalue weighted by atomic mass is 9.92. The summed E-state index contributed by atoms with van der Waals surface area (Å²) in [6.45, 7) is 4.84. The van der Waals surface area contributed by atoms with Gasteiger partial charge in [-0.1, -0.05) is 25.7 Å². The minimum absolute atomic E-state index is 0.471. The molecule has 0 unspecified atom stereocenters. The van der Waals surface area contributed by atoms with Crippen molar-refractivity contribution in [3.05, 3.63) is 0 Å². The van der Waals surface area contributed by atoms with Crippen LogP contribution in [0.1, 0.15) is 65.2 Å². The molecule has 0 atom stereocenters. The van der Waals surface area contributed by atoms with Crippen LogP contribution in [0.15, 0.2) is 0 Å². The maximum Gasteiger partial charge on any atom is 0.0158 e. The molecule has 0 bridgehead atoms. The molecule has 0 aromatic heterocycles. The Kier molecular flexibility index (Phi) is 2.39. The monoisotopic (exact) mass is 181 g/mol. The van der Waals surface area contributed by atoms with Crippen LogP contribution in [0.3, 0.4) is 0 Å². The van der Waals surface area contributed by atoms with Gasteiger partial charge in [-0.3, -0.25) is 0 Å². The second kappa shape index (κ2) is 3.27. The molecule has 1 nitrogen and oxygen atoms in total. The summed E-state index contributed by atoms with van der Waals surface area (Å²) >= 11 is 0. The summed E-state index contributed by atoms with van der Waals surface area (Å²) in [6, 6.07) is 0. The zero-order chi connectivity index (χ0) is 9.36. The van der Waals surface area contributed by atoms with E-state index in [1.807, 2.05) is 0 Å². The van der Waals surface area contributed by atoms with E-state index in [0.29, 0.717) is 11.1 Å². The van der Waals surface area contributed by atoms with Crippen molar-refractivity contribution < 1.29 is 0 Å². The van der Waals surface area contributed by atoms with E-state index in [9.17, 15) is 0 Å². The Balaban J connectivity index is 1.95. The molecule has 0 spiro atoms. The zero-order valence-corrected chi connectivity index (χ0v) is 9.16. The minimum Gasteiger partial charge on any atom is -0.306 e. The van der Waals surface area contributed by atoms with E-state index in [4.69, 9.17) is 0 Å². The normalized spacial score (nSPS) is 30.9. The number of hydrogen-bond donors (Lipinski definition) is 1. The smallest absolute Gasteiger partial charge is 0.0158 e. The van der Waals surface area contributed by atoms with Crippen molar-refractivity contribution in [3.8, 4) is 0 Å². The fourth-order valence-corrected chi connectivity index (χ4v) is 3.29. The molecule has 0 aromatic carbocycles. The van der Waals surface area contributed by atoms with Gasteiger partial charge in [0.2, 0.25) is 0 Å². The van der Waals surface area contributed by atoms with Crippen LogP contribution in [0.2, 0.25) is 0 Å². The Morgan fingerprint density at radius 2 is 1.00 bits per heavy atom. The lowest BCUT2D eigenvalue weighted by Gasteiger charge is -2.37. The van der Waals surface area contributed by atoms with Crippen LogP contribution in [-0.2, 0) is 0 Å². The van der Waals surface area contributed by atoms with Crippen LogP contribution in [0.25, 0.3) is 0 Å². The van der Waals surface area contributed by atoms with Gasteiger partial charge in [-0.15, -0.1) is 0 Å². The predicted molar refractivity (Wildman–Crippen MR) is 56.9 cm³/mol. The van der Waals surface area contributed by atoms with Crippen molar-refractivity contribution in [1.29, 1.82) is 0 Å². The van der Waals surface area contributed by atoms with E-state index < -0.39 is 0 Å². The van der Waals surface area contributed by atoms with Gasteiger partial charge in [0.25, 0.3) is 0 Å². The van der Waals surface area contributed by atoms with Gasteiger partial charge in [0.15, 0.2) is 0 Å². The van der Waals surface area contributed by atoms with Crippen LogP contribution in [0.4, 0.5) is 0 Å². The molecule has 0 saturated heterocycles. The van der Waals surface area contributed by atoms with Gasteiger partial charge in [-0.2, -0.15) is 0 Å². The third-order valence-corrected chi connectivity index (χ3v) is 4.02. The Morgan fingerprint density at radius 1 is 0.692 bits per heavy atom. The lowest BCUT2D eigenvalue weighted by Crippen LogP contribution is -2.52. The SMILES string of the molecule is CC1(NC2(C)CCCC2)CCCC1. The first-order chi connectivity index (χ1) is 6.12. The molecule has 76 valence electrons. The molecule has 1 N–H and O–H groups in total. The molecular weight excluding hydrogens is 158 g/mol. The third kappa shape index (κ3) is 2.07. The molecule has 0 amide bonds. The summed E-state index contributed by atoms with van der Waals surface area (Å²) in [6.07, 6.45) is 11.3. The molecule has 1 heteroatoms. The van der Waals surface area contributed by atoms with Crippen molar-refractivity contribution in [3.63, 3.8) is 0 Å². The molecule has 0 radical (unpaired) electrons.